The number of nitrogens with two attached hydrogens (primary N) is 1. The largest absolute Gasteiger partial charge is 0.457 e. The minimum atomic E-state index is -5.25. The van der Waals surface area contributed by atoms with Crippen molar-refractivity contribution in [3.8, 4) is 17.2 Å². The molecule has 50 heavy (non-hydrogen) atoms. The van der Waals surface area contributed by atoms with Crippen molar-refractivity contribution < 1.29 is 50.2 Å². The summed E-state index contributed by atoms with van der Waals surface area (Å²) < 4.78 is 94.5. The van der Waals surface area contributed by atoms with Crippen LogP contribution in [-0.4, -0.2) is 69.8 Å². The molecule has 14 nitrogen and oxygen atoms in total. The Bertz CT molecular complexity index is 1990. The molecule has 3 aromatic heterocycles. The smallest absolute Gasteiger partial charge is 0.427 e. The van der Waals surface area contributed by atoms with Crippen molar-refractivity contribution in [2.75, 3.05) is 0 Å². The molecule has 1 atom stereocenters. The Morgan fingerprint density at radius 1 is 0.980 bits per heavy atom. The number of hydrogen-bond acceptors (Lipinski definition) is 10. The number of ether oxygens (including phenoxy) is 2. The maximum atomic E-state index is 14.2. The van der Waals surface area contributed by atoms with Crippen LogP contribution in [0.5, 0.6) is 0 Å². The van der Waals surface area contributed by atoms with Gasteiger partial charge in [-0.25, -0.2) is 29.0 Å². The van der Waals surface area contributed by atoms with E-state index in [9.17, 15) is 45.5 Å². The predicted octanol–water partition coefficient (Wildman–Crippen LogP) is 3.88. The second-order valence-corrected chi connectivity index (χ2v) is 11.7. The first-order valence-corrected chi connectivity index (χ1v) is 14.4. The van der Waals surface area contributed by atoms with Crippen molar-refractivity contribution in [1.82, 2.24) is 34.1 Å². The molecule has 3 heterocycles. The van der Waals surface area contributed by atoms with Gasteiger partial charge in [-0.2, -0.15) is 31.0 Å². The van der Waals surface area contributed by atoms with E-state index < -0.39 is 83.7 Å². The van der Waals surface area contributed by atoms with Gasteiger partial charge in [0.1, 0.15) is 17.7 Å². The molecule has 21 heteroatoms. The number of halogens is 7. The minimum absolute atomic E-state index is 0.0712. The van der Waals surface area contributed by atoms with Gasteiger partial charge in [0, 0.05) is 28.9 Å². The van der Waals surface area contributed by atoms with Crippen molar-refractivity contribution in [3.05, 3.63) is 87.5 Å². The lowest BCUT2D eigenvalue weighted by atomic mass is 10.2. The van der Waals surface area contributed by atoms with Crippen LogP contribution in [0.1, 0.15) is 42.8 Å². The van der Waals surface area contributed by atoms with Crippen molar-refractivity contribution in [3.63, 3.8) is 0 Å². The summed E-state index contributed by atoms with van der Waals surface area (Å²) in [6.07, 6.45) is -11.2. The standard InChI is InChI=1S/C29H25ClF6N8O6/c1-27(2,3)50-21(46)11-10-20(45)49-18(29(34,35)36)13-42-23(15-6-8-16(30)9-7-15)41-43(26(42)48)14-19-39-25(22(37)47)44(40-19)24-17(28(31,32)33)5-4-12-38-24/h4-12,18H,13-14H2,1-3H3,(H2,37,47)/b11-10+/t18-/m0/s1. The third kappa shape index (κ3) is 9.12. The van der Waals surface area contributed by atoms with E-state index in [2.05, 4.69) is 24.9 Å². The van der Waals surface area contributed by atoms with Crippen LogP contribution in [0.2, 0.25) is 5.02 Å². The first-order chi connectivity index (χ1) is 23.1. The Labute approximate surface area is 282 Å². The maximum Gasteiger partial charge on any atom is 0.427 e. The summed E-state index contributed by atoms with van der Waals surface area (Å²) in [6, 6.07) is 6.99. The van der Waals surface area contributed by atoms with E-state index in [0.29, 0.717) is 32.1 Å². The van der Waals surface area contributed by atoms with Gasteiger partial charge in [-0.05, 0) is 57.2 Å². The highest BCUT2D eigenvalue weighted by Crippen LogP contribution is 2.33. The molecule has 2 N–H and O–H groups in total. The lowest BCUT2D eigenvalue weighted by Crippen LogP contribution is -2.40. The lowest BCUT2D eigenvalue weighted by molar-refractivity contribution is -0.221. The van der Waals surface area contributed by atoms with Gasteiger partial charge in [0.2, 0.25) is 11.9 Å². The second-order valence-electron chi connectivity index (χ2n) is 11.2. The number of aromatic nitrogens is 7. The number of benzene rings is 1. The van der Waals surface area contributed by atoms with Crippen LogP contribution in [0.15, 0.2) is 59.5 Å². The Kier molecular flexibility index (Phi) is 10.5. The Balaban J connectivity index is 1.75. The average Bonchev–Trinajstić information content (AvgIpc) is 3.56. The second kappa shape index (κ2) is 14.1. The molecule has 1 amide bonds. The molecule has 4 rings (SSSR count). The molecule has 0 aliphatic carbocycles. The molecular weight excluding hydrogens is 706 g/mol. The minimum Gasteiger partial charge on any atom is -0.457 e. The van der Waals surface area contributed by atoms with Gasteiger partial charge >= 0.3 is 30.0 Å². The van der Waals surface area contributed by atoms with Gasteiger partial charge in [0.05, 0.1) is 6.54 Å². The fraction of sp³-hybridized carbons (Fsp3) is 0.310. The molecule has 266 valence electrons. The Morgan fingerprint density at radius 2 is 1.62 bits per heavy atom. The van der Waals surface area contributed by atoms with E-state index in [1.807, 2.05) is 0 Å². The van der Waals surface area contributed by atoms with Crippen molar-refractivity contribution in [2.45, 2.75) is 57.9 Å². The van der Waals surface area contributed by atoms with Gasteiger partial charge in [-0.1, -0.05) is 11.6 Å². The molecular formula is C29H25ClF6N8O6. The molecule has 1 aromatic carbocycles. The zero-order valence-corrected chi connectivity index (χ0v) is 26.7. The highest BCUT2D eigenvalue weighted by Gasteiger charge is 2.44. The van der Waals surface area contributed by atoms with Crippen LogP contribution in [0, 0.1) is 0 Å². The van der Waals surface area contributed by atoms with Crippen LogP contribution in [0.25, 0.3) is 17.2 Å². The topological polar surface area (TPSA) is 179 Å². The van der Waals surface area contributed by atoms with Gasteiger partial charge in [0.15, 0.2) is 17.5 Å². The molecule has 0 aliphatic heterocycles. The number of pyridine rings is 1. The lowest BCUT2D eigenvalue weighted by Gasteiger charge is -2.21. The highest BCUT2D eigenvalue weighted by molar-refractivity contribution is 6.30. The molecule has 0 bridgehead atoms. The fourth-order valence-electron chi connectivity index (χ4n) is 4.20. The van der Waals surface area contributed by atoms with Crippen LogP contribution in [0.3, 0.4) is 0 Å². The normalized spacial score (nSPS) is 13.0. The van der Waals surface area contributed by atoms with E-state index >= 15 is 0 Å². The van der Waals surface area contributed by atoms with Gasteiger partial charge < -0.3 is 15.2 Å². The summed E-state index contributed by atoms with van der Waals surface area (Å²) >= 11 is 5.93. The van der Waals surface area contributed by atoms with E-state index in [4.69, 9.17) is 22.1 Å². The summed E-state index contributed by atoms with van der Waals surface area (Å²) in [5.41, 5.74) is 1.88. The third-order valence-electron chi connectivity index (χ3n) is 6.21. The summed E-state index contributed by atoms with van der Waals surface area (Å²) in [5, 5.41) is 8.14. The molecule has 0 unspecified atom stereocenters. The molecule has 0 aliphatic rings. The summed E-state index contributed by atoms with van der Waals surface area (Å²) in [6.45, 7) is 2.44. The number of primary amides is 1. The monoisotopic (exact) mass is 730 g/mol. The number of carbonyl (C=O) groups is 3. The number of hydrogen-bond donors (Lipinski definition) is 1. The van der Waals surface area contributed by atoms with Crippen LogP contribution in [0.4, 0.5) is 26.3 Å². The quantitative estimate of drug-likeness (QED) is 0.143. The number of nitrogens with zero attached hydrogens (tertiary/aromatic N) is 7. The predicted molar refractivity (Wildman–Crippen MR) is 160 cm³/mol. The molecule has 0 saturated heterocycles. The number of esters is 2. The average molecular weight is 731 g/mol. The van der Waals surface area contributed by atoms with Crippen molar-refractivity contribution in [2.24, 2.45) is 5.73 Å². The molecule has 0 saturated carbocycles. The van der Waals surface area contributed by atoms with E-state index in [1.54, 1.807) is 0 Å². The van der Waals surface area contributed by atoms with E-state index in [0.717, 1.165) is 12.3 Å². The highest BCUT2D eigenvalue weighted by atomic mass is 35.5. The van der Waals surface area contributed by atoms with Crippen molar-refractivity contribution in [1.29, 1.82) is 0 Å². The SMILES string of the molecule is CC(C)(C)OC(=O)/C=C/C(=O)O[C@@H](Cn1c(-c2ccc(Cl)cc2)nn(Cc2nc(C(N)=O)n(-c3ncccc3C(F)(F)F)n2)c1=O)C(F)(F)F. The fourth-order valence-corrected chi connectivity index (χ4v) is 4.32. The van der Waals surface area contributed by atoms with Gasteiger partial charge in [0.25, 0.3) is 5.91 Å². The molecule has 0 spiro atoms. The first-order valence-electron chi connectivity index (χ1n) is 14.0. The summed E-state index contributed by atoms with van der Waals surface area (Å²) in [5.74, 6) is -6.52. The zero-order valence-electron chi connectivity index (χ0n) is 26.0. The summed E-state index contributed by atoms with van der Waals surface area (Å²) in [7, 11) is 0. The first kappa shape index (κ1) is 37.3. The van der Waals surface area contributed by atoms with E-state index in [-0.39, 0.29) is 16.4 Å². The van der Waals surface area contributed by atoms with Crippen molar-refractivity contribution >= 4 is 29.4 Å². The van der Waals surface area contributed by atoms with Gasteiger partial charge in [-0.15, -0.1) is 10.2 Å². The molecule has 0 fully saturated rings. The maximum absolute atomic E-state index is 14.2. The zero-order chi connectivity index (χ0) is 37.2. The Morgan fingerprint density at radius 3 is 2.20 bits per heavy atom. The van der Waals surface area contributed by atoms with Crippen LogP contribution < -0.4 is 11.4 Å². The van der Waals surface area contributed by atoms with Gasteiger partial charge in [-0.3, -0.25) is 9.36 Å². The number of amides is 1. The third-order valence-corrected chi connectivity index (χ3v) is 6.47. The number of alkyl halides is 6. The van der Waals surface area contributed by atoms with E-state index in [1.165, 1.54) is 45.0 Å². The molecule has 0 radical (unpaired) electrons. The van der Waals surface area contributed by atoms with Crippen LogP contribution >= 0.6 is 11.6 Å². The molecule has 4 aromatic rings. The van der Waals surface area contributed by atoms with Crippen LogP contribution in [-0.2, 0) is 38.3 Å². The number of carbonyl (C=O) groups excluding carboxylic acids is 3. The number of rotatable bonds is 10. The summed E-state index contributed by atoms with van der Waals surface area (Å²) in [4.78, 5) is 57.3. The Hall–Kier alpha value is -5.53.